The summed E-state index contributed by atoms with van der Waals surface area (Å²) in [7, 11) is 0. The number of anilines is 2. The van der Waals surface area contributed by atoms with Gasteiger partial charge in [-0.2, -0.15) is 0 Å². The predicted molar refractivity (Wildman–Crippen MR) is 109 cm³/mol. The van der Waals surface area contributed by atoms with E-state index in [4.69, 9.17) is 23.2 Å². The average Bonchev–Trinajstić information content (AvgIpc) is 3.22. The molecule has 0 saturated carbocycles. The minimum Gasteiger partial charge on any atom is -0.325 e. The SMILES string of the molecule is CC(c1ccc(Cl)cc1)n1nnc2c1NC(=O)CC21C(=O)Nc2ccc(Cl)cc21. The summed E-state index contributed by atoms with van der Waals surface area (Å²) in [4.78, 5) is 25.8. The molecule has 0 aliphatic carbocycles. The van der Waals surface area contributed by atoms with Crippen molar-refractivity contribution in [2.24, 2.45) is 0 Å². The average molecular weight is 428 g/mol. The zero-order valence-electron chi connectivity index (χ0n) is 15.2. The molecule has 7 nitrogen and oxygen atoms in total. The molecule has 0 saturated heterocycles. The van der Waals surface area contributed by atoms with Gasteiger partial charge in [-0.3, -0.25) is 9.59 Å². The largest absolute Gasteiger partial charge is 0.325 e. The Morgan fingerprint density at radius 1 is 1.07 bits per heavy atom. The van der Waals surface area contributed by atoms with Crippen molar-refractivity contribution in [1.82, 2.24) is 15.0 Å². The van der Waals surface area contributed by atoms with E-state index in [9.17, 15) is 9.59 Å². The Kier molecular flexibility index (Phi) is 3.94. The van der Waals surface area contributed by atoms with Gasteiger partial charge in [0.25, 0.3) is 0 Å². The van der Waals surface area contributed by atoms with E-state index in [0.717, 1.165) is 5.56 Å². The van der Waals surface area contributed by atoms with Crippen molar-refractivity contribution >= 4 is 46.5 Å². The number of fused-ring (bicyclic) bond motifs is 4. The smallest absolute Gasteiger partial charge is 0.241 e. The summed E-state index contributed by atoms with van der Waals surface area (Å²) in [6.45, 7) is 1.94. The number of carbonyl (C=O) groups excluding carboxylic acids is 2. The number of hydrogen-bond donors (Lipinski definition) is 2. The Morgan fingerprint density at radius 2 is 1.79 bits per heavy atom. The molecule has 9 heteroatoms. The number of halogens is 2. The molecule has 2 atom stereocenters. The number of aromatic nitrogens is 3. The fourth-order valence-corrected chi connectivity index (χ4v) is 4.39. The molecule has 2 aliphatic heterocycles. The van der Waals surface area contributed by atoms with Gasteiger partial charge in [0.15, 0.2) is 5.82 Å². The highest BCUT2D eigenvalue weighted by Gasteiger charge is 2.56. The maximum absolute atomic E-state index is 13.1. The summed E-state index contributed by atoms with van der Waals surface area (Å²) in [6, 6.07) is 12.3. The van der Waals surface area contributed by atoms with Crippen LogP contribution >= 0.6 is 23.2 Å². The van der Waals surface area contributed by atoms with E-state index >= 15 is 0 Å². The van der Waals surface area contributed by atoms with Crippen LogP contribution in [0.4, 0.5) is 11.5 Å². The number of rotatable bonds is 2. The number of amides is 2. The third kappa shape index (κ3) is 2.58. The van der Waals surface area contributed by atoms with Gasteiger partial charge in [-0.05, 0) is 48.4 Å². The van der Waals surface area contributed by atoms with Crippen LogP contribution < -0.4 is 10.6 Å². The Balaban J connectivity index is 1.68. The first-order valence-electron chi connectivity index (χ1n) is 9.02. The van der Waals surface area contributed by atoms with Crippen LogP contribution in [-0.4, -0.2) is 26.8 Å². The molecule has 146 valence electrons. The van der Waals surface area contributed by atoms with Crippen LogP contribution in [0, 0.1) is 0 Å². The van der Waals surface area contributed by atoms with E-state index in [1.54, 1.807) is 35.0 Å². The molecule has 2 unspecified atom stereocenters. The molecule has 1 aromatic heterocycles. The van der Waals surface area contributed by atoms with E-state index in [1.165, 1.54) is 0 Å². The molecule has 0 bridgehead atoms. The second kappa shape index (κ2) is 6.30. The first-order valence-corrected chi connectivity index (χ1v) is 9.78. The monoisotopic (exact) mass is 427 g/mol. The van der Waals surface area contributed by atoms with Gasteiger partial charge in [0.1, 0.15) is 11.1 Å². The van der Waals surface area contributed by atoms with Crippen molar-refractivity contribution in [1.29, 1.82) is 0 Å². The van der Waals surface area contributed by atoms with Gasteiger partial charge in [-0.1, -0.05) is 40.5 Å². The Morgan fingerprint density at radius 3 is 2.55 bits per heavy atom. The molecule has 2 N–H and O–H groups in total. The zero-order valence-corrected chi connectivity index (χ0v) is 16.8. The third-order valence-electron chi connectivity index (χ3n) is 5.58. The Hall–Kier alpha value is -2.90. The molecule has 3 aromatic rings. The number of carbonyl (C=O) groups is 2. The summed E-state index contributed by atoms with van der Waals surface area (Å²) in [6.07, 6.45) is -0.0623. The third-order valence-corrected chi connectivity index (χ3v) is 6.07. The van der Waals surface area contributed by atoms with Gasteiger partial charge in [0.2, 0.25) is 11.8 Å². The molecule has 5 rings (SSSR count). The lowest BCUT2D eigenvalue weighted by molar-refractivity contribution is -0.125. The fourth-order valence-electron chi connectivity index (χ4n) is 4.09. The number of nitrogens with zero attached hydrogens (tertiary/aromatic N) is 3. The van der Waals surface area contributed by atoms with Crippen LogP contribution in [0.1, 0.15) is 36.2 Å². The summed E-state index contributed by atoms with van der Waals surface area (Å²) in [5, 5.41) is 15.4. The van der Waals surface area contributed by atoms with Crippen LogP contribution in [0.2, 0.25) is 10.0 Å². The van der Waals surface area contributed by atoms with Crippen LogP contribution in [0.3, 0.4) is 0 Å². The molecular formula is C20H15Cl2N5O2. The summed E-state index contributed by atoms with van der Waals surface area (Å²) in [5.74, 6) is -0.184. The van der Waals surface area contributed by atoms with Crippen molar-refractivity contribution in [3.63, 3.8) is 0 Å². The molecule has 29 heavy (non-hydrogen) atoms. The van der Waals surface area contributed by atoms with Crippen molar-refractivity contribution in [3.8, 4) is 0 Å². The molecule has 0 radical (unpaired) electrons. The van der Waals surface area contributed by atoms with Crippen LogP contribution in [0.15, 0.2) is 42.5 Å². The highest BCUT2D eigenvalue weighted by atomic mass is 35.5. The van der Waals surface area contributed by atoms with Crippen molar-refractivity contribution in [2.75, 3.05) is 10.6 Å². The van der Waals surface area contributed by atoms with E-state index < -0.39 is 5.41 Å². The lowest BCUT2D eigenvalue weighted by Crippen LogP contribution is -2.44. The normalized spacial score (nSPS) is 20.8. The second-order valence-electron chi connectivity index (χ2n) is 7.23. The minimum absolute atomic E-state index is 0.0623. The standard InChI is InChI=1S/C20H15Cl2N5O2/c1-10(11-2-4-12(21)5-3-11)27-18-17(25-26-27)20(9-16(28)24-18)14-8-13(22)6-7-15(14)23-19(20)29/h2-8,10H,9H2,1H3,(H,23,29)(H,24,28). The lowest BCUT2D eigenvalue weighted by Gasteiger charge is -2.30. The van der Waals surface area contributed by atoms with Crippen LogP contribution in [0.25, 0.3) is 0 Å². The predicted octanol–water partition coefficient (Wildman–Crippen LogP) is 3.77. The minimum atomic E-state index is -1.25. The topological polar surface area (TPSA) is 88.9 Å². The van der Waals surface area contributed by atoms with E-state index in [1.807, 2.05) is 19.1 Å². The van der Waals surface area contributed by atoms with Gasteiger partial charge >= 0.3 is 0 Å². The highest BCUT2D eigenvalue weighted by molar-refractivity contribution is 6.31. The van der Waals surface area contributed by atoms with Gasteiger partial charge in [0, 0.05) is 15.7 Å². The molecule has 1 spiro atoms. The van der Waals surface area contributed by atoms with Gasteiger partial charge in [0.05, 0.1) is 12.5 Å². The molecular weight excluding hydrogens is 413 g/mol. The first kappa shape index (κ1) is 18.1. The zero-order chi connectivity index (χ0) is 20.3. The molecule has 2 amide bonds. The van der Waals surface area contributed by atoms with Crippen molar-refractivity contribution in [3.05, 3.63) is 69.3 Å². The van der Waals surface area contributed by atoms with Crippen molar-refractivity contribution in [2.45, 2.75) is 24.8 Å². The quantitative estimate of drug-likeness (QED) is 0.651. The summed E-state index contributed by atoms with van der Waals surface area (Å²) >= 11 is 12.2. The molecule has 2 aromatic carbocycles. The fraction of sp³-hybridized carbons (Fsp3) is 0.200. The number of hydrogen-bond acceptors (Lipinski definition) is 4. The molecule has 3 heterocycles. The van der Waals surface area contributed by atoms with Crippen LogP contribution in [-0.2, 0) is 15.0 Å². The highest BCUT2D eigenvalue weighted by Crippen LogP contribution is 2.50. The van der Waals surface area contributed by atoms with Crippen LogP contribution in [0.5, 0.6) is 0 Å². The first-order chi connectivity index (χ1) is 13.9. The molecule has 2 aliphatic rings. The summed E-state index contributed by atoms with van der Waals surface area (Å²) in [5.41, 5.74) is 1.36. The maximum atomic E-state index is 13.1. The van der Waals surface area contributed by atoms with Gasteiger partial charge < -0.3 is 10.6 Å². The summed E-state index contributed by atoms with van der Waals surface area (Å²) < 4.78 is 1.62. The van der Waals surface area contributed by atoms with E-state index in [0.29, 0.717) is 32.8 Å². The van der Waals surface area contributed by atoms with Gasteiger partial charge in [-0.25, -0.2) is 4.68 Å². The van der Waals surface area contributed by atoms with Gasteiger partial charge in [-0.15, -0.1) is 5.10 Å². The van der Waals surface area contributed by atoms with E-state index in [-0.39, 0.29) is 24.3 Å². The van der Waals surface area contributed by atoms with E-state index in [2.05, 4.69) is 20.9 Å². The second-order valence-corrected chi connectivity index (χ2v) is 8.11. The Labute approximate surface area is 176 Å². The molecule has 0 fully saturated rings. The maximum Gasteiger partial charge on any atom is 0.241 e. The Bertz CT molecular complexity index is 1170. The number of nitrogens with one attached hydrogen (secondary N) is 2. The van der Waals surface area contributed by atoms with Crippen molar-refractivity contribution < 1.29 is 9.59 Å². The lowest BCUT2D eigenvalue weighted by atomic mass is 9.74. The number of benzene rings is 2.